The molecule has 0 aliphatic carbocycles. The number of rotatable bonds is 2. The van der Waals surface area contributed by atoms with Crippen LogP contribution in [0.5, 0.6) is 0 Å². The number of hydrogen-bond acceptors (Lipinski definition) is 5. The number of nitrogens with zero attached hydrogens (tertiary/aromatic N) is 2. The molecule has 2 fully saturated rings. The zero-order valence-electron chi connectivity index (χ0n) is 11.5. The third-order valence-corrected chi connectivity index (χ3v) is 4.08. The zero-order chi connectivity index (χ0) is 14.2. The van der Waals surface area contributed by atoms with Crippen LogP contribution in [0.3, 0.4) is 0 Å². The molecule has 0 unspecified atom stereocenters. The van der Waals surface area contributed by atoms with Gasteiger partial charge in [0.2, 0.25) is 0 Å². The van der Waals surface area contributed by atoms with Crippen LogP contribution < -0.4 is 4.90 Å². The Kier molecular flexibility index (Phi) is 3.35. The Morgan fingerprint density at radius 2 is 1.90 bits per heavy atom. The van der Waals surface area contributed by atoms with Crippen molar-refractivity contribution in [2.45, 2.75) is 25.6 Å². The van der Waals surface area contributed by atoms with Gasteiger partial charge in [-0.15, -0.1) is 0 Å². The smallest absolute Gasteiger partial charge is 0.295 e. The predicted octanol–water partition coefficient (Wildman–Crippen LogP) is 2.25. The third kappa shape index (κ3) is 2.25. The first-order chi connectivity index (χ1) is 9.61. The lowest BCUT2D eigenvalue weighted by molar-refractivity contribution is -0.384. The van der Waals surface area contributed by atoms with E-state index in [1.165, 1.54) is 0 Å². The van der Waals surface area contributed by atoms with E-state index in [0.29, 0.717) is 37.6 Å². The fraction of sp³-hybridized carbons (Fsp3) is 0.571. The lowest BCUT2D eigenvalue weighted by Crippen LogP contribution is -2.45. The molecule has 1 spiro atoms. The maximum atomic E-state index is 11.3. The number of nitro groups is 1. The molecule has 0 aromatic heterocycles. The molecule has 0 amide bonds. The van der Waals surface area contributed by atoms with Crippen molar-refractivity contribution >= 4 is 11.4 Å². The molecular formula is C14H18N2O4. The number of anilines is 1. The highest BCUT2D eigenvalue weighted by Gasteiger charge is 2.40. The minimum absolute atomic E-state index is 0.205. The van der Waals surface area contributed by atoms with Gasteiger partial charge in [-0.3, -0.25) is 10.1 Å². The summed E-state index contributed by atoms with van der Waals surface area (Å²) in [6.07, 6.45) is 1.50. The molecule has 0 radical (unpaired) electrons. The van der Waals surface area contributed by atoms with Gasteiger partial charge in [-0.2, -0.15) is 0 Å². The van der Waals surface area contributed by atoms with E-state index in [4.69, 9.17) is 9.47 Å². The summed E-state index contributed by atoms with van der Waals surface area (Å²) < 4.78 is 11.4. The van der Waals surface area contributed by atoms with E-state index in [2.05, 4.69) is 4.90 Å². The van der Waals surface area contributed by atoms with Crippen molar-refractivity contribution in [2.75, 3.05) is 31.2 Å². The number of piperidine rings is 1. The SMILES string of the molecule is Cc1cccc(N2CCC3(CC2)OCCO3)c1[N+](=O)[O-]. The van der Waals surface area contributed by atoms with E-state index in [0.717, 1.165) is 12.8 Å². The predicted molar refractivity (Wildman–Crippen MR) is 73.9 cm³/mol. The van der Waals surface area contributed by atoms with Crippen LogP contribution in [0.1, 0.15) is 18.4 Å². The molecule has 0 atom stereocenters. The fourth-order valence-electron chi connectivity index (χ4n) is 3.01. The number of aryl methyl sites for hydroxylation is 1. The Labute approximate surface area is 117 Å². The van der Waals surface area contributed by atoms with Crippen molar-refractivity contribution in [2.24, 2.45) is 0 Å². The summed E-state index contributed by atoms with van der Waals surface area (Å²) in [5.74, 6) is -0.449. The van der Waals surface area contributed by atoms with Gasteiger partial charge in [0, 0.05) is 31.5 Å². The molecule has 6 heteroatoms. The quantitative estimate of drug-likeness (QED) is 0.613. The minimum atomic E-state index is -0.449. The van der Waals surface area contributed by atoms with Crippen LogP contribution in [-0.4, -0.2) is 37.0 Å². The van der Waals surface area contributed by atoms with Crippen molar-refractivity contribution in [3.05, 3.63) is 33.9 Å². The van der Waals surface area contributed by atoms with E-state index < -0.39 is 5.79 Å². The Bertz CT molecular complexity index is 516. The van der Waals surface area contributed by atoms with Crippen LogP contribution in [0, 0.1) is 17.0 Å². The molecule has 1 aromatic carbocycles. The van der Waals surface area contributed by atoms with Crippen LogP contribution in [0.2, 0.25) is 0 Å². The molecule has 6 nitrogen and oxygen atoms in total. The van der Waals surface area contributed by atoms with Crippen LogP contribution in [0.15, 0.2) is 18.2 Å². The van der Waals surface area contributed by atoms with Crippen molar-refractivity contribution in [1.82, 2.24) is 0 Å². The second-order valence-electron chi connectivity index (χ2n) is 5.29. The van der Waals surface area contributed by atoms with Gasteiger partial charge in [0.25, 0.3) is 5.69 Å². The molecule has 2 heterocycles. The fourth-order valence-corrected chi connectivity index (χ4v) is 3.01. The Morgan fingerprint density at radius 1 is 1.25 bits per heavy atom. The lowest BCUT2D eigenvalue weighted by atomic mass is 10.0. The normalized spacial score (nSPS) is 21.4. The van der Waals surface area contributed by atoms with Gasteiger partial charge in [0.15, 0.2) is 5.79 Å². The van der Waals surface area contributed by atoms with Gasteiger partial charge < -0.3 is 14.4 Å². The number of benzene rings is 1. The highest BCUT2D eigenvalue weighted by atomic mass is 16.7. The van der Waals surface area contributed by atoms with Gasteiger partial charge in [0.05, 0.1) is 18.1 Å². The molecule has 2 aliphatic rings. The monoisotopic (exact) mass is 278 g/mol. The summed E-state index contributed by atoms with van der Waals surface area (Å²) in [4.78, 5) is 13.0. The summed E-state index contributed by atoms with van der Waals surface area (Å²) in [6, 6.07) is 5.46. The zero-order valence-corrected chi connectivity index (χ0v) is 11.5. The minimum Gasteiger partial charge on any atom is -0.366 e. The first-order valence-corrected chi connectivity index (χ1v) is 6.88. The maximum absolute atomic E-state index is 11.3. The molecule has 0 N–H and O–H groups in total. The summed E-state index contributed by atoms with van der Waals surface area (Å²) in [5.41, 5.74) is 1.60. The molecule has 0 bridgehead atoms. The summed E-state index contributed by atoms with van der Waals surface area (Å²) in [6.45, 7) is 4.49. The third-order valence-electron chi connectivity index (χ3n) is 4.08. The standard InChI is InChI=1S/C14H18N2O4/c1-11-3-2-4-12(13(11)16(17)18)15-7-5-14(6-8-15)19-9-10-20-14/h2-4H,5-10H2,1H3. The largest absolute Gasteiger partial charge is 0.366 e. The Morgan fingerprint density at radius 3 is 2.50 bits per heavy atom. The average Bonchev–Trinajstić information content (AvgIpc) is 2.87. The number of para-hydroxylation sites is 1. The van der Waals surface area contributed by atoms with Gasteiger partial charge >= 0.3 is 0 Å². The van der Waals surface area contributed by atoms with Crippen molar-refractivity contribution in [1.29, 1.82) is 0 Å². The van der Waals surface area contributed by atoms with Crippen molar-refractivity contribution in [3.8, 4) is 0 Å². The maximum Gasteiger partial charge on any atom is 0.295 e. The van der Waals surface area contributed by atoms with Gasteiger partial charge in [0.1, 0.15) is 5.69 Å². The first kappa shape index (κ1) is 13.3. The molecular weight excluding hydrogens is 260 g/mol. The van der Waals surface area contributed by atoms with Crippen LogP contribution in [0.4, 0.5) is 11.4 Å². The van der Waals surface area contributed by atoms with Crippen LogP contribution in [0.25, 0.3) is 0 Å². The van der Waals surface area contributed by atoms with Gasteiger partial charge in [-0.1, -0.05) is 12.1 Å². The van der Waals surface area contributed by atoms with Gasteiger partial charge in [-0.05, 0) is 13.0 Å². The molecule has 1 aromatic rings. The van der Waals surface area contributed by atoms with Crippen molar-refractivity contribution < 1.29 is 14.4 Å². The summed E-state index contributed by atoms with van der Waals surface area (Å²) >= 11 is 0. The van der Waals surface area contributed by atoms with E-state index in [1.807, 2.05) is 12.1 Å². The van der Waals surface area contributed by atoms with E-state index in [1.54, 1.807) is 13.0 Å². The van der Waals surface area contributed by atoms with Crippen LogP contribution in [-0.2, 0) is 9.47 Å². The summed E-state index contributed by atoms with van der Waals surface area (Å²) in [7, 11) is 0. The molecule has 2 saturated heterocycles. The number of nitro benzene ring substituents is 1. The Balaban J connectivity index is 1.81. The molecule has 108 valence electrons. The summed E-state index contributed by atoms with van der Waals surface area (Å²) in [5, 5.41) is 11.3. The van der Waals surface area contributed by atoms with Crippen molar-refractivity contribution in [3.63, 3.8) is 0 Å². The topological polar surface area (TPSA) is 64.8 Å². The highest BCUT2D eigenvalue weighted by molar-refractivity contribution is 5.66. The molecule has 3 rings (SSSR count). The van der Waals surface area contributed by atoms with Crippen LogP contribution >= 0.6 is 0 Å². The van der Waals surface area contributed by atoms with Gasteiger partial charge in [-0.25, -0.2) is 0 Å². The number of hydrogen-bond donors (Lipinski definition) is 0. The average molecular weight is 278 g/mol. The second-order valence-corrected chi connectivity index (χ2v) is 5.29. The molecule has 2 aliphatic heterocycles. The van der Waals surface area contributed by atoms with E-state index >= 15 is 0 Å². The lowest BCUT2D eigenvalue weighted by Gasteiger charge is -2.38. The van der Waals surface area contributed by atoms with E-state index in [-0.39, 0.29) is 10.6 Å². The molecule has 0 saturated carbocycles. The number of ether oxygens (including phenoxy) is 2. The van der Waals surface area contributed by atoms with E-state index in [9.17, 15) is 10.1 Å². The highest BCUT2D eigenvalue weighted by Crippen LogP contribution is 2.37. The Hall–Kier alpha value is -1.66. The first-order valence-electron chi connectivity index (χ1n) is 6.88. The second kappa shape index (κ2) is 5.03. The molecule has 20 heavy (non-hydrogen) atoms.